The van der Waals surface area contributed by atoms with Crippen LogP contribution >= 0.6 is 12.2 Å². The second kappa shape index (κ2) is 10.7. The molecule has 4 rings (SSSR count). The summed E-state index contributed by atoms with van der Waals surface area (Å²) in [6.45, 7) is 3.23. The highest BCUT2D eigenvalue weighted by Gasteiger charge is 2.37. The van der Waals surface area contributed by atoms with E-state index in [2.05, 4.69) is 22.8 Å². The van der Waals surface area contributed by atoms with E-state index < -0.39 is 17.4 Å². The average molecular weight is 518 g/mol. The zero-order valence-corrected chi connectivity index (χ0v) is 20.9. The number of benzene rings is 2. The fourth-order valence-electron chi connectivity index (χ4n) is 4.48. The molecule has 1 atom stereocenters. The maximum atomic E-state index is 15.2. The maximum Gasteiger partial charge on any atom is 0.414 e. The second-order valence-electron chi connectivity index (χ2n) is 8.98. The van der Waals surface area contributed by atoms with Gasteiger partial charge in [-0.25, -0.2) is 9.18 Å². The van der Waals surface area contributed by atoms with Crippen LogP contribution in [0.25, 0.3) is 0 Å². The van der Waals surface area contributed by atoms with Gasteiger partial charge in [0.2, 0.25) is 0 Å². The Hall–Kier alpha value is -4.40. The highest BCUT2D eigenvalue weighted by Crippen LogP contribution is 2.33. The summed E-state index contributed by atoms with van der Waals surface area (Å²) in [6, 6.07) is 15.7. The van der Waals surface area contributed by atoms with E-state index in [1.54, 1.807) is 31.2 Å². The van der Waals surface area contributed by atoms with E-state index in [0.29, 0.717) is 60.1 Å². The number of piperidine rings is 1. The molecule has 2 fully saturated rings. The van der Waals surface area contributed by atoms with Gasteiger partial charge in [0.05, 0.1) is 58.4 Å². The number of anilines is 3. The molecule has 11 heteroatoms. The first-order valence-corrected chi connectivity index (χ1v) is 12.1. The molecule has 2 saturated heterocycles. The summed E-state index contributed by atoms with van der Waals surface area (Å²) in [5.74, 6) is -0.474. The van der Waals surface area contributed by atoms with Gasteiger partial charge < -0.3 is 20.3 Å². The van der Waals surface area contributed by atoms with Crippen molar-refractivity contribution in [2.24, 2.45) is 0 Å². The Balaban J connectivity index is 1.43. The molecule has 0 spiro atoms. The molecule has 2 N–H and O–H groups in total. The predicted octanol–water partition coefficient (Wildman–Crippen LogP) is 3.81. The molecule has 0 aromatic heterocycles. The van der Waals surface area contributed by atoms with Gasteiger partial charge in [0.15, 0.2) is 0 Å². The van der Waals surface area contributed by atoms with E-state index in [4.69, 9.17) is 22.2 Å². The topological polar surface area (TPSA) is 128 Å². The molecule has 0 bridgehead atoms. The lowest BCUT2D eigenvalue weighted by molar-refractivity contribution is 0.143. The fraction of sp³-hybridized carbons (Fsp3) is 0.346. The summed E-state index contributed by atoms with van der Waals surface area (Å²) in [7, 11) is 0. The maximum absolute atomic E-state index is 15.2. The van der Waals surface area contributed by atoms with Gasteiger partial charge in [-0.05, 0) is 43.3 Å². The van der Waals surface area contributed by atoms with Crippen molar-refractivity contribution in [3.63, 3.8) is 0 Å². The number of thiocarbonyl (C=S) groups is 1. The highest BCUT2D eigenvalue weighted by atomic mass is 32.1. The van der Waals surface area contributed by atoms with E-state index in [0.717, 1.165) is 0 Å². The molecular weight excluding hydrogens is 493 g/mol. The second-order valence-corrected chi connectivity index (χ2v) is 9.59. The predicted molar refractivity (Wildman–Crippen MR) is 140 cm³/mol. The molecule has 0 unspecified atom stereocenters. The molecule has 2 aliphatic rings. The number of cyclic esters (lactones) is 1. The summed E-state index contributed by atoms with van der Waals surface area (Å²) < 4.78 is 20.5. The minimum absolute atomic E-state index is 0.285. The number of hydrogen-bond donors (Lipinski definition) is 2. The first-order valence-electron chi connectivity index (χ1n) is 11.7. The molecule has 0 aliphatic carbocycles. The number of carbonyl (C=O) groups excluding carboxylic acids is 1. The van der Waals surface area contributed by atoms with E-state index in [1.807, 2.05) is 11.0 Å². The number of amides is 1. The monoisotopic (exact) mass is 517 g/mol. The van der Waals surface area contributed by atoms with Gasteiger partial charge in [0.1, 0.15) is 23.5 Å². The number of nitrogens with one attached hydrogen (secondary N) is 2. The van der Waals surface area contributed by atoms with E-state index >= 15 is 4.39 Å². The lowest BCUT2D eigenvalue weighted by Gasteiger charge is -2.39. The van der Waals surface area contributed by atoms with Gasteiger partial charge >= 0.3 is 6.09 Å². The summed E-state index contributed by atoms with van der Waals surface area (Å²) in [5, 5.41) is 34.6. The van der Waals surface area contributed by atoms with Crippen LogP contribution in [0.4, 0.5) is 26.2 Å². The third kappa shape index (κ3) is 5.55. The number of ether oxygens (including phenoxy) is 1. The molecule has 0 radical (unpaired) electrons. The van der Waals surface area contributed by atoms with Crippen LogP contribution in [0.2, 0.25) is 0 Å². The van der Waals surface area contributed by atoms with Crippen LogP contribution in [-0.2, 0) is 4.74 Å². The molecule has 2 aromatic carbocycles. The third-order valence-electron chi connectivity index (χ3n) is 6.51. The molecule has 188 valence electrons. The van der Waals surface area contributed by atoms with Crippen LogP contribution in [-0.4, -0.2) is 48.9 Å². The summed E-state index contributed by atoms with van der Waals surface area (Å²) in [6.07, 6.45) is -0.146. The van der Waals surface area contributed by atoms with Crippen molar-refractivity contribution in [1.29, 1.82) is 15.8 Å². The van der Waals surface area contributed by atoms with Crippen molar-refractivity contribution in [2.45, 2.75) is 31.4 Å². The minimum atomic E-state index is -0.935. The molecule has 0 saturated carbocycles. The van der Waals surface area contributed by atoms with Crippen molar-refractivity contribution < 1.29 is 13.9 Å². The van der Waals surface area contributed by atoms with Crippen LogP contribution in [0, 0.1) is 39.8 Å². The Morgan fingerprint density at radius 1 is 1.19 bits per heavy atom. The van der Waals surface area contributed by atoms with Crippen molar-refractivity contribution >= 4 is 40.4 Å². The molecule has 2 aromatic rings. The summed E-state index contributed by atoms with van der Waals surface area (Å²) in [5.41, 5.74) is 0.987. The standard InChI is InChI=1S/C26H24FN7O2S/c1-17(37)31-14-21-15-34(25(35)36-21)20-3-5-24(22(27)11-20)33-8-6-26(16-30,7-9-33)32-23-4-2-18(12-28)10-19(23)13-29/h2-5,10-11,21,32H,6-9,14-15H2,1H3,(H,31,37)/t21-/m0/s1. The molecule has 37 heavy (non-hydrogen) atoms. The van der Waals surface area contributed by atoms with Gasteiger partial charge in [0.25, 0.3) is 0 Å². The molecule has 9 nitrogen and oxygen atoms in total. The number of nitrogens with zero attached hydrogens (tertiary/aromatic N) is 5. The SMILES string of the molecule is CC(=S)NC[C@H]1CN(c2ccc(N3CCC(C#N)(Nc4ccc(C#N)cc4C#N)CC3)c(F)c2)C(=O)O1. The van der Waals surface area contributed by atoms with Crippen molar-refractivity contribution in [3.8, 4) is 18.2 Å². The molecule has 2 heterocycles. The zero-order valence-electron chi connectivity index (χ0n) is 20.1. The lowest BCUT2D eigenvalue weighted by Crippen LogP contribution is -2.48. The first kappa shape index (κ1) is 25.7. The Morgan fingerprint density at radius 3 is 2.57 bits per heavy atom. The Kier molecular flexibility index (Phi) is 7.42. The van der Waals surface area contributed by atoms with Crippen molar-refractivity contribution in [3.05, 3.63) is 53.3 Å². The van der Waals surface area contributed by atoms with E-state index in [-0.39, 0.29) is 18.2 Å². The van der Waals surface area contributed by atoms with Crippen LogP contribution < -0.4 is 20.4 Å². The number of hydrogen-bond acceptors (Lipinski definition) is 8. The summed E-state index contributed by atoms with van der Waals surface area (Å²) in [4.78, 5) is 16.2. The third-order valence-corrected chi connectivity index (χ3v) is 6.65. The zero-order chi connectivity index (χ0) is 26.6. The molecule has 1 amide bonds. The first-order chi connectivity index (χ1) is 17.8. The number of halogens is 1. The average Bonchev–Trinajstić information content (AvgIpc) is 3.28. The number of rotatable bonds is 6. The van der Waals surface area contributed by atoms with Gasteiger partial charge in [-0.15, -0.1) is 0 Å². The highest BCUT2D eigenvalue weighted by molar-refractivity contribution is 7.80. The van der Waals surface area contributed by atoms with Gasteiger partial charge in [-0.3, -0.25) is 4.90 Å². The molecular formula is C26H24FN7O2S. The van der Waals surface area contributed by atoms with E-state index in [1.165, 1.54) is 17.0 Å². The Labute approximate surface area is 219 Å². The lowest BCUT2D eigenvalue weighted by atomic mass is 9.88. The van der Waals surface area contributed by atoms with Crippen molar-refractivity contribution in [2.75, 3.05) is 41.3 Å². The van der Waals surface area contributed by atoms with Crippen LogP contribution in [0.3, 0.4) is 0 Å². The quantitative estimate of drug-likeness (QED) is 0.550. The number of nitriles is 3. The largest absolute Gasteiger partial charge is 0.442 e. The van der Waals surface area contributed by atoms with Crippen LogP contribution in [0.15, 0.2) is 36.4 Å². The summed E-state index contributed by atoms with van der Waals surface area (Å²) >= 11 is 4.99. The van der Waals surface area contributed by atoms with Gasteiger partial charge in [0, 0.05) is 25.9 Å². The number of carbonyl (C=O) groups is 1. The Bertz CT molecular complexity index is 1350. The van der Waals surface area contributed by atoms with Crippen molar-refractivity contribution in [1.82, 2.24) is 5.32 Å². The van der Waals surface area contributed by atoms with Crippen LogP contribution in [0.1, 0.15) is 30.9 Å². The minimum Gasteiger partial charge on any atom is -0.442 e. The van der Waals surface area contributed by atoms with Gasteiger partial charge in [-0.2, -0.15) is 15.8 Å². The smallest absolute Gasteiger partial charge is 0.414 e. The van der Waals surface area contributed by atoms with E-state index in [9.17, 15) is 15.3 Å². The Morgan fingerprint density at radius 2 is 1.95 bits per heavy atom. The normalized spacial score (nSPS) is 18.2. The molecule has 2 aliphatic heterocycles. The fourth-order valence-corrected chi connectivity index (χ4v) is 4.57. The van der Waals surface area contributed by atoms with Crippen LogP contribution in [0.5, 0.6) is 0 Å². The van der Waals surface area contributed by atoms with Gasteiger partial charge in [-0.1, -0.05) is 12.2 Å².